The number of hydrogen-bond acceptors (Lipinski definition) is 5. The van der Waals surface area contributed by atoms with Gasteiger partial charge in [0.25, 0.3) is 11.8 Å². The normalized spacial score (nSPS) is 11.8. The zero-order valence-electron chi connectivity index (χ0n) is 14.4. The van der Waals surface area contributed by atoms with E-state index in [1.165, 1.54) is 36.4 Å². The molecule has 2 N–H and O–H groups in total. The van der Waals surface area contributed by atoms with E-state index in [1.54, 1.807) is 24.3 Å². The molecule has 0 bridgehead atoms. The minimum atomic E-state index is -0.510. The molecule has 0 fully saturated rings. The summed E-state index contributed by atoms with van der Waals surface area (Å²) in [6, 6.07) is 14.9. The van der Waals surface area contributed by atoms with E-state index in [1.807, 2.05) is 0 Å². The first-order valence-electron chi connectivity index (χ1n) is 8.33. The number of carbonyl (C=O) groups is 2. The SMILES string of the molecule is O=C(Nc1ccc(F)cc1)c1cccc(C(=O)Nc2ccc3c(c2)OCO3)n1. The highest BCUT2D eigenvalue weighted by atomic mass is 19.1. The molecule has 0 unspecified atom stereocenters. The van der Waals surface area contributed by atoms with E-state index in [0.29, 0.717) is 22.9 Å². The average Bonchev–Trinajstić information content (AvgIpc) is 3.17. The standard InChI is InChI=1S/C20H14FN3O4/c21-12-4-6-13(7-5-12)22-19(25)15-2-1-3-16(24-15)20(26)23-14-8-9-17-18(10-14)28-11-27-17/h1-10H,11H2,(H,22,25)(H,23,26). The molecule has 0 radical (unpaired) electrons. The molecule has 2 aromatic carbocycles. The predicted molar refractivity (Wildman–Crippen MR) is 99.1 cm³/mol. The van der Waals surface area contributed by atoms with Gasteiger partial charge in [0.15, 0.2) is 11.5 Å². The van der Waals surface area contributed by atoms with Crippen LogP contribution in [0.25, 0.3) is 0 Å². The first-order chi connectivity index (χ1) is 13.6. The van der Waals surface area contributed by atoms with Crippen LogP contribution in [0.4, 0.5) is 15.8 Å². The number of aromatic nitrogens is 1. The number of carbonyl (C=O) groups excluding carboxylic acids is 2. The predicted octanol–water partition coefficient (Wildman–Crippen LogP) is 3.45. The van der Waals surface area contributed by atoms with Gasteiger partial charge in [-0.1, -0.05) is 6.07 Å². The van der Waals surface area contributed by atoms with Crippen LogP contribution in [0, 0.1) is 5.82 Å². The zero-order chi connectivity index (χ0) is 19.5. The summed E-state index contributed by atoms with van der Waals surface area (Å²) in [5, 5.41) is 5.30. The van der Waals surface area contributed by atoms with Gasteiger partial charge in [-0.3, -0.25) is 9.59 Å². The third-order valence-corrected chi connectivity index (χ3v) is 3.95. The number of rotatable bonds is 4. The second kappa shape index (κ2) is 7.36. The largest absolute Gasteiger partial charge is 0.454 e. The number of nitrogens with zero attached hydrogens (tertiary/aromatic N) is 1. The summed E-state index contributed by atoms with van der Waals surface area (Å²) in [6.45, 7) is 0.138. The van der Waals surface area contributed by atoms with Gasteiger partial charge in [-0.05, 0) is 48.5 Å². The van der Waals surface area contributed by atoms with E-state index in [9.17, 15) is 14.0 Å². The summed E-state index contributed by atoms with van der Waals surface area (Å²) in [5.41, 5.74) is 1.06. The molecule has 140 valence electrons. The van der Waals surface area contributed by atoms with Crippen LogP contribution in [0.2, 0.25) is 0 Å². The van der Waals surface area contributed by atoms with E-state index in [4.69, 9.17) is 9.47 Å². The molecule has 0 saturated carbocycles. The molecular formula is C20H14FN3O4. The van der Waals surface area contributed by atoms with E-state index in [0.717, 1.165) is 0 Å². The van der Waals surface area contributed by atoms with Gasteiger partial charge in [-0.15, -0.1) is 0 Å². The molecule has 0 atom stereocenters. The highest BCUT2D eigenvalue weighted by Crippen LogP contribution is 2.34. The Morgan fingerprint density at radius 2 is 1.43 bits per heavy atom. The van der Waals surface area contributed by atoms with E-state index in [-0.39, 0.29) is 18.2 Å². The van der Waals surface area contributed by atoms with Crippen molar-refractivity contribution in [2.45, 2.75) is 0 Å². The fourth-order valence-electron chi connectivity index (χ4n) is 2.59. The quantitative estimate of drug-likeness (QED) is 0.725. The molecule has 7 nitrogen and oxygen atoms in total. The number of anilines is 2. The molecule has 28 heavy (non-hydrogen) atoms. The molecule has 1 aliphatic heterocycles. The number of amides is 2. The van der Waals surface area contributed by atoms with Crippen molar-refractivity contribution in [3.63, 3.8) is 0 Å². The summed E-state index contributed by atoms with van der Waals surface area (Å²) in [5.74, 6) is -0.244. The van der Waals surface area contributed by atoms with Gasteiger partial charge in [0, 0.05) is 17.4 Å². The van der Waals surface area contributed by atoms with Gasteiger partial charge in [0.1, 0.15) is 17.2 Å². The van der Waals surface area contributed by atoms with Crippen LogP contribution in [-0.4, -0.2) is 23.6 Å². The van der Waals surface area contributed by atoms with Gasteiger partial charge < -0.3 is 20.1 Å². The van der Waals surface area contributed by atoms with Gasteiger partial charge >= 0.3 is 0 Å². The molecule has 1 aromatic heterocycles. The highest BCUT2D eigenvalue weighted by molar-refractivity contribution is 6.06. The van der Waals surface area contributed by atoms with E-state index in [2.05, 4.69) is 15.6 Å². The number of benzene rings is 2. The van der Waals surface area contributed by atoms with Gasteiger partial charge in [0.05, 0.1) is 0 Å². The maximum Gasteiger partial charge on any atom is 0.274 e. The summed E-state index contributed by atoms with van der Waals surface area (Å²) < 4.78 is 23.5. The van der Waals surface area contributed by atoms with Crippen LogP contribution in [0.3, 0.4) is 0 Å². The number of pyridine rings is 1. The summed E-state index contributed by atoms with van der Waals surface area (Å²) >= 11 is 0. The second-order valence-electron chi connectivity index (χ2n) is 5.89. The van der Waals surface area contributed by atoms with Crippen LogP contribution in [0.5, 0.6) is 11.5 Å². The van der Waals surface area contributed by atoms with Gasteiger partial charge in [-0.2, -0.15) is 0 Å². The Morgan fingerprint density at radius 1 is 0.821 bits per heavy atom. The fourth-order valence-corrected chi connectivity index (χ4v) is 2.59. The van der Waals surface area contributed by atoms with Crippen LogP contribution < -0.4 is 20.1 Å². The fraction of sp³-hybridized carbons (Fsp3) is 0.0500. The number of ether oxygens (including phenoxy) is 2. The Bertz CT molecular complexity index is 1050. The van der Waals surface area contributed by atoms with Gasteiger partial charge in [-0.25, -0.2) is 9.37 Å². The first kappa shape index (κ1) is 17.5. The maximum absolute atomic E-state index is 13.0. The molecule has 3 aromatic rings. The molecule has 0 spiro atoms. The lowest BCUT2D eigenvalue weighted by molar-refractivity contribution is 0.101. The van der Waals surface area contributed by atoms with Crippen molar-refractivity contribution in [2.75, 3.05) is 17.4 Å². The second-order valence-corrected chi connectivity index (χ2v) is 5.89. The van der Waals surface area contributed by atoms with Crippen LogP contribution in [-0.2, 0) is 0 Å². The van der Waals surface area contributed by atoms with E-state index < -0.39 is 17.6 Å². The minimum Gasteiger partial charge on any atom is -0.454 e. The number of nitrogens with one attached hydrogen (secondary N) is 2. The zero-order valence-corrected chi connectivity index (χ0v) is 14.4. The minimum absolute atomic E-state index is 0.0580. The van der Waals surface area contributed by atoms with Crippen molar-refractivity contribution >= 4 is 23.2 Å². The maximum atomic E-state index is 13.0. The Labute approximate surface area is 159 Å². The molecule has 8 heteroatoms. The smallest absolute Gasteiger partial charge is 0.274 e. The Kier molecular flexibility index (Phi) is 4.59. The molecule has 4 rings (SSSR count). The van der Waals surface area contributed by atoms with Crippen molar-refractivity contribution in [2.24, 2.45) is 0 Å². The lowest BCUT2D eigenvalue weighted by Gasteiger charge is -2.08. The Balaban J connectivity index is 1.47. The first-order valence-corrected chi connectivity index (χ1v) is 8.33. The summed E-state index contributed by atoms with van der Waals surface area (Å²) in [4.78, 5) is 28.9. The molecule has 0 aliphatic carbocycles. The van der Waals surface area contributed by atoms with Crippen molar-refractivity contribution in [3.8, 4) is 11.5 Å². The molecular weight excluding hydrogens is 365 g/mol. The van der Waals surface area contributed by atoms with Gasteiger partial charge in [0.2, 0.25) is 6.79 Å². The van der Waals surface area contributed by atoms with Crippen LogP contribution >= 0.6 is 0 Å². The topological polar surface area (TPSA) is 89.6 Å². The van der Waals surface area contributed by atoms with Crippen LogP contribution in [0.15, 0.2) is 60.7 Å². The van der Waals surface area contributed by atoms with Crippen LogP contribution in [0.1, 0.15) is 21.0 Å². The lowest BCUT2D eigenvalue weighted by atomic mass is 10.2. The van der Waals surface area contributed by atoms with E-state index >= 15 is 0 Å². The third-order valence-electron chi connectivity index (χ3n) is 3.95. The van der Waals surface area contributed by atoms with Crippen molar-refractivity contribution < 1.29 is 23.5 Å². The molecule has 0 saturated heterocycles. The average molecular weight is 379 g/mol. The monoisotopic (exact) mass is 379 g/mol. The molecule has 1 aliphatic rings. The van der Waals surface area contributed by atoms with Crippen molar-refractivity contribution in [1.29, 1.82) is 0 Å². The summed E-state index contributed by atoms with van der Waals surface area (Å²) in [6.07, 6.45) is 0. The summed E-state index contributed by atoms with van der Waals surface area (Å²) in [7, 11) is 0. The number of halogens is 1. The van der Waals surface area contributed by atoms with Crippen molar-refractivity contribution in [3.05, 3.63) is 77.9 Å². The Morgan fingerprint density at radius 3 is 2.14 bits per heavy atom. The Hall–Kier alpha value is -3.94. The van der Waals surface area contributed by atoms with Crippen molar-refractivity contribution in [1.82, 2.24) is 4.98 Å². The molecule has 2 heterocycles. The molecule has 2 amide bonds. The number of hydrogen-bond donors (Lipinski definition) is 2. The third kappa shape index (κ3) is 3.75. The highest BCUT2D eigenvalue weighted by Gasteiger charge is 2.16. The lowest BCUT2D eigenvalue weighted by Crippen LogP contribution is -2.18. The number of fused-ring (bicyclic) bond motifs is 1.